The number of thiophene rings is 1. The van der Waals surface area contributed by atoms with E-state index in [0.717, 1.165) is 16.9 Å². The van der Waals surface area contributed by atoms with Crippen LogP contribution in [0.15, 0.2) is 42.1 Å². The Morgan fingerprint density at radius 1 is 1.29 bits per heavy atom. The van der Waals surface area contributed by atoms with Crippen LogP contribution in [0.4, 0.5) is 5.00 Å². The molecule has 0 fully saturated rings. The third kappa shape index (κ3) is 5.75. The molecule has 0 aliphatic rings. The van der Waals surface area contributed by atoms with Gasteiger partial charge in [0.1, 0.15) is 5.00 Å². The predicted octanol–water partition coefficient (Wildman–Crippen LogP) is 4.37. The van der Waals surface area contributed by atoms with Crippen molar-refractivity contribution in [1.29, 1.82) is 0 Å². The number of aromatic nitrogens is 3. The van der Waals surface area contributed by atoms with E-state index < -0.39 is 5.97 Å². The number of allylic oxidation sites excluding steroid dienone is 1. The van der Waals surface area contributed by atoms with Gasteiger partial charge in [0.15, 0.2) is 11.0 Å². The van der Waals surface area contributed by atoms with Crippen LogP contribution in [0.5, 0.6) is 0 Å². The SMILES string of the molecule is C=CCn1c(SCC(=O)Nc2sc(C(=O)N(C)C)c(C)c2C(=O)OC)nnc1-c1ccccc1Cl. The first-order valence-electron chi connectivity index (χ1n) is 10.3. The summed E-state index contributed by atoms with van der Waals surface area (Å²) in [7, 11) is 4.48. The zero-order valence-corrected chi connectivity index (χ0v) is 22.0. The lowest BCUT2D eigenvalue weighted by Gasteiger charge is -2.09. The topological polar surface area (TPSA) is 106 Å². The van der Waals surface area contributed by atoms with E-state index >= 15 is 0 Å². The van der Waals surface area contributed by atoms with Gasteiger partial charge in [-0.05, 0) is 24.6 Å². The summed E-state index contributed by atoms with van der Waals surface area (Å²) in [4.78, 5) is 39.4. The number of nitrogens with zero attached hydrogens (tertiary/aromatic N) is 4. The first-order valence-corrected chi connectivity index (χ1v) is 12.5. The van der Waals surface area contributed by atoms with Gasteiger partial charge in [-0.1, -0.05) is 41.6 Å². The Labute approximate surface area is 216 Å². The Balaban J connectivity index is 1.82. The maximum absolute atomic E-state index is 12.8. The number of anilines is 1. The number of hydrogen-bond acceptors (Lipinski definition) is 8. The number of halogens is 1. The molecule has 0 saturated carbocycles. The molecule has 0 atom stereocenters. The zero-order valence-electron chi connectivity index (χ0n) is 19.6. The quantitative estimate of drug-likeness (QED) is 0.247. The summed E-state index contributed by atoms with van der Waals surface area (Å²) in [5.41, 5.74) is 1.34. The summed E-state index contributed by atoms with van der Waals surface area (Å²) < 4.78 is 6.68. The van der Waals surface area contributed by atoms with Gasteiger partial charge in [-0.25, -0.2) is 4.79 Å². The molecule has 1 N–H and O–H groups in total. The minimum Gasteiger partial charge on any atom is -0.465 e. The van der Waals surface area contributed by atoms with Crippen molar-refractivity contribution in [3.63, 3.8) is 0 Å². The molecule has 0 radical (unpaired) electrons. The Bertz CT molecular complexity index is 1280. The van der Waals surface area contributed by atoms with E-state index in [1.807, 2.05) is 22.8 Å². The molecule has 2 heterocycles. The van der Waals surface area contributed by atoms with Gasteiger partial charge in [0.2, 0.25) is 5.91 Å². The predicted molar refractivity (Wildman–Crippen MR) is 138 cm³/mol. The molecule has 0 bridgehead atoms. The standard InChI is InChI=1S/C23H24ClN5O4S2/c1-6-11-29-19(14-9-7-8-10-15(14)24)26-27-23(29)34-12-16(30)25-20-17(22(32)33-5)13(2)18(35-20)21(31)28(3)4/h6-10H,1,11-12H2,2-5H3,(H,25,30). The van der Waals surface area contributed by atoms with E-state index in [4.69, 9.17) is 16.3 Å². The van der Waals surface area contributed by atoms with Crippen LogP contribution >= 0.6 is 34.7 Å². The van der Waals surface area contributed by atoms with E-state index in [0.29, 0.717) is 33.0 Å². The summed E-state index contributed by atoms with van der Waals surface area (Å²) in [6.45, 7) is 5.86. The van der Waals surface area contributed by atoms with Gasteiger partial charge >= 0.3 is 5.97 Å². The highest BCUT2D eigenvalue weighted by Gasteiger charge is 2.27. The number of carbonyl (C=O) groups excluding carboxylic acids is 3. The Kier molecular flexibility index (Phi) is 8.71. The molecule has 3 aromatic rings. The van der Waals surface area contributed by atoms with E-state index in [-0.39, 0.29) is 28.1 Å². The molecular weight excluding hydrogens is 510 g/mol. The highest BCUT2D eigenvalue weighted by Crippen LogP contribution is 2.35. The molecule has 3 rings (SSSR count). The number of rotatable bonds is 9. The van der Waals surface area contributed by atoms with Gasteiger partial charge in [-0.15, -0.1) is 28.1 Å². The molecule has 0 aliphatic heterocycles. The van der Waals surface area contributed by atoms with E-state index in [1.54, 1.807) is 33.2 Å². The number of methoxy groups -OCH3 is 1. The average Bonchev–Trinajstić information content (AvgIpc) is 3.37. The van der Waals surface area contributed by atoms with E-state index in [1.165, 1.54) is 23.8 Å². The van der Waals surface area contributed by atoms with Crippen LogP contribution in [0, 0.1) is 6.92 Å². The highest BCUT2D eigenvalue weighted by molar-refractivity contribution is 7.99. The first kappa shape index (κ1) is 26.5. The number of benzene rings is 1. The summed E-state index contributed by atoms with van der Waals surface area (Å²) in [5, 5.41) is 12.5. The molecule has 184 valence electrons. The maximum atomic E-state index is 12.8. The summed E-state index contributed by atoms with van der Waals surface area (Å²) in [6, 6.07) is 7.28. The summed E-state index contributed by atoms with van der Waals surface area (Å²) in [6.07, 6.45) is 1.70. The molecule has 1 aromatic carbocycles. The van der Waals surface area contributed by atoms with Crippen molar-refractivity contribution in [2.75, 3.05) is 32.3 Å². The molecule has 2 aromatic heterocycles. The minimum absolute atomic E-state index is 0.00762. The molecule has 2 amide bonds. The van der Waals surface area contributed by atoms with Gasteiger partial charge in [-0.2, -0.15) is 0 Å². The smallest absolute Gasteiger partial charge is 0.341 e. The number of esters is 1. The number of amides is 2. The number of ether oxygens (including phenoxy) is 1. The third-order valence-electron chi connectivity index (χ3n) is 4.87. The van der Waals surface area contributed by atoms with E-state index in [9.17, 15) is 14.4 Å². The van der Waals surface area contributed by atoms with Crippen LogP contribution in [0.1, 0.15) is 25.6 Å². The maximum Gasteiger partial charge on any atom is 0.341 e. The van der Waals surface area contributed by atoms with Gasteiger partial charge in [0, 0.05) is 26.2 Å². The molecular formula is C23H24ClN5O4S2. The van der Waals surface area contributed by atoms with Crippen LogP contribution in [-0.2, 0) is 16.1 Å². The normalized spacial score (nSPS) is 10.7. The molecule has 0 unspecified atom stereocenters. The lowest BCUT2D eigenvalue weighted by Crippen LogP contribution is -2.21. The molecule has 9 nitrogen and oxygen atoms in total. The second kappa shape index (κ2) is 11.5. The van der Waals surface area contributed by atoms with Crippen LogP contribution in [0.25, 0.3) is 11.4 Å². The van der Waals surface area contributed by atoms with Gasteiger partial charge in [0.25, 0.3) is 5.91 Å². The number of thioether (sulfide) groups is 1. The minimum atomic E-state index is -0.630. The lowest BCUT2D eigenvalue weighted by atomic mass is 10.1. The fraction of sp³-hybridized carbons (Fsp3) is 0.261. The fourth-order valence-corrected chi connectivity index (χ4v) is 5.38. The second-order valence-electron chi connectivity index (χ2n) is 7.47. The molecule has 0 saturated heterocycles. The van der Waals surface area contributed by atoms with Gasteiger partial charge in [0.05, 0.1) is 28.3 Å². The second-order valence-corrected chi connectivity index (χ2v) is 9.84. The Hall–Kier alpha value is -3.15. The van der Waals surface area contributed by atoms with Gasteiger partial charge in [-0.3, -0.25) is 14.2 Å². The number of carbonyl (C=O) groups is 3. The van der Waals surface area contributed by atoms with Crippen molar-refractivity contribution in [1.82, 2.24) is 19.7 Å². The summed E-state index contributed by atoms with van der Waals surface area (Å²) in [5.74, 6) is -0.719. The van der Waals surface area contributed by atoms with Gasteiger partial charge < -0.3 is 15.0 Å². The Morgan fingerprint density at radius 2 is 2.00 bits per heavy atom. The van der Waals surface area contributed by atoms with Crippen molar-refractivity contribution < 1.29 is 19.1 Å². The first-order chi connectivity index (χ1) is 16.7. The van der Waals surface area contributed by atoms with E-state index in [2.05, 4.69) is 22.1 Å². The zero-order chi connectivity index (χ0) is 25.7. The highest BCUT2D eigenvalue weighted by atomic mass is 35.5. The van der Waals surface area contributed by atoms with Crippen molar-refractivity contribution in [3.8, 4) is 11.4 Å². The molecule has 12 heteroatoms. The molecule has 35 heavy (non-hydrogen) atoms. The van der Waals surface area contributed by atoms with Crippen LogP contribution in [-0.4, -0.2) is 64.4 Å². The summed E-state index contributed by atoms with van der Waals surface area (Å²) >= 11 is 8.54. The lowest BCUT2D eigenvalue weighted by molar-refractivity contribution is -0.113. The van der Waals surface area contributed by atoms with Crippen molar-refractivity contribution in [2.24, 2.45) is 0 Å². The molecule has 0 spiro atoms. The van der Waals surface area contributed by atoms with Crippen molar-refractivity contribution in [3.05, 3.63) is 57.9 Å². The number of nitrogens with one attached hydrogen (secondary N) is 1. The van der Waals surface area contributed by atoms with Crippen LogP contribution < -0.4 is 5.32 Å². The largest absolute Gasteiger partial charge is 0.465 e. The average molecular weight is 534 g/mol. The number of hydrogen-bond donors (Lipinski definition) is 1. The monoisotopic (exact) mass is 533 g/mol. The Morgan fingerprint density at radius 3 is 2.63 bits per heavy atom. The molecule has 0 aliphatic carbocycles. The van der Waals surface area contributed by atoms with Crippen LogP contribution in [0.2, 0.25) is 5.02 Å². The van der Waals surface area contributed by atoms with Crippen LogP contribution in [0.3, 0.4) is 0 Å². The van der Waals surface area contributed by atoms with Crippen molar-refractivity contribution in [2.45, 2.75) is 18.6 Å². The fourth-order valence-electron chi connectivity index (χ4n) is 3.18. The van der Waals surface area contributed by atoms with Crippen molar-refractivity contribution >= 4 is 57.5 Å². The third-order valence-corrected chi connectivity index (χ3v) is 7.36.